The molecule has 0 bridgehead atoms. The molecule has 1 saturated heterocycles. The topological polar surface area (TPSA) is 49.8 Å². The first-order chi connectivity index (χ1) is 10.2. The average molecular weight is 289 g/mol. The van der Waals surface area contributed by atoms with E-state index in [1.807, 2.05) is 23.1 Å². The molecule has 1 heterocycles. The maximum Gasteiger partial charge on any atom is 0.228 e. The van der Waals surface area contributed by atoms with Gasteiger partial charge in [-0.25, -0.2) is 0 Å². The summed E-state index contributed by atoms with van der Waals surface area (Å²) in [5.41, 5.74) is 1.18. The fraction of sp³-hybridized carbons (Fsp3) is 0.588. The number of methoxy groups -OCH3 is 1. The number of aliphatic hydroxyl groups excluding tert-OH is 1. The second kappa shape index (κ2) is 6.06. The molecule has 1 N–H and O–H groups in total. The van der Waals surface area contributed by atoms with E-state index in [9.17, 15) is 9.90 Å². The first-order valence-corrected chi connectivity index (χ1v) is 7.80. The molecule has 2 fully saturated rings. The predicted molar refractivity (Wildman–Crippen MR) is 80.3 cm³/mol. The Balaban J connectivity index is 1.69. The van der Waals surface area contributed by atoms with Crippen LogP contribution in [0.3, 0.4) is 0 Å². The molecule has 2 aliphatic rings. The number of amides is 1. The Labute approximate surface area is 125 Å². The normalized spacial score (nSPS) is 28.9. The molecule has 1 aromatic carbocycles. The molecule has 3 atom stereocenters. The number of benzene rings is 1. The Hall–Kier alpha value is -1.55. The fourth-order valence-electron chi connectivity index (χ4n) is 3.68. The van der Waals surface area contributed by atoms with Crippen LogP contribution in [0.15, 0.2) is 24.3 Å². The minimum absolute atomic E-state index is 0.136. The van der Waals surface area contributed by atoms with Crippen LogP contribution in [-0.4, -0.2) is 42.2 Å². The third-order valence-electron chi connectivity index (χ3n) is 4.88. The smallest absolute Gasteiger partial charge is 0.228 e. The van der Waals surface area contributed by atoms with Crippen molar-refractivity contribution in [1.82, 2.24) is 4.90 Å². The van der Waals surface area contributed by atoms with Crippen molar-refractivity contribution in [2.75, 3.05) is 20.2 Å². The Kier molecular flexibility index (Phi) is 4.15. The Morgan fingerprint density at radius 2 is 2.10 bits per heavy atom. The standard InChI is InChI=1S/C17H23NO3/c1-21-16-8-3-2-5-13(16)12-9-10-18(11-12)17(20)14-6-4-7-15(14)19/h2-3,5,8,12,14-15,19H,4,6-7,9-11H2,1H3. The maximum absolute atomic E-state index is 12.5. The van der Waals surface area contributed by atoms with Crippen molar-refractivity contribution in [3.05, 3.63) is 29.8 Å². The highest BCUT2D eigenvalue weighted by atomic mass is 16.5. The first-order valence-electron chi connectivity index (χ1n) is 7.80. The second-order valence-corrected chi connectivity index (χ2v) is 6.12. The van der Waals surface area contributed by atoms with Gasteiger partial charge in [0.05, 0.1) is 19.1 Å². The number of para-hydroxylation sites is 1. The molecule has 1 saturated carbocycles. The lowest BCUT2D eigenvalue weighted by Gasteiger charge is -2.23. The molecule has 4 nitrogen and oxygen atoms in total. The summed E-state index contributed by atoms with van der Waals surface area (Å²) >= 11 is 0. The fourth-order valence-corrected chi connectivity index (χ4v) is 3.68. The lowest BCUT2D eigenvalue weighted by molar-refractivity contribution is -0.137. The molecule has 1 aliphatic carbocycles. The number of hydrogen-bond donors (Lipinski definition) is 1. The summed E-state index contributed by atoms with van der Waals surface area (Å²) in [4.78, 5) is 14.5. The molecular formula is C17H23NO3. The molecule has 1 aromatic rings. The maximum atomic E-state index is 12.5. The van der Waals surface area contributed by atoms with Gasteiger partial charge in [0.2, 0.25) is 5.91 Å². The van der Waals surface area contributed by atoms with Gasteiger partial charge in [0, 0.05) is 19.0 Å². The average Bonchev–Trinajstić information content (AvgIpc) is 3.15. The molecule has 3 rings (SSSR count). The zero-order valence-electron chi connectivity index (χ0n) is 12.5. The van der Waals surface area contributed by atoms with Gasteiger partial charge in [0.25, 0.3) is 0 Å². The van der Waals surface area contributed by atoms with Crippen LogP contribution in [0.5, 0.6) is 5.75 Å². The lowest BCUT2D eigenvalue weighted by atomic mass is 9.97. The third-order valence-corrected chi connectivity index (χ3v) is 4.88. The lowest BCUT2D eigenvalue weighted by Crippen LogP contribution is -2.37. The highest BCUT2D eigenvalue weighted by molar-refractivity contribution is 5.80. The van der Waals surface area contributed by atoms with Crippen molar-refractivity contribution in [3.63, 3.8) is 0 Å². The summed E-state index contributed by atoms with van der Waals surface area (Å²) in [5.74, 6) is 1.19. The molecular weight excluding hydrogens is 266 g/mol. The van der Waals surface area contributed by atoms with E-state index in [-0.39, 0.29) is 11.8 Å². The van der Waals surface area contributed by atoms with E-state index in [0.717, 1.165) is 44.5 Å². The summed E-state index contributed by atoms with van der Waals surface area (Å²) in [6.45, 7) is 1.52. The number of aliphatic hydroxyl groups is 1. The molecule has 1 amide bonds. The van der Waals surface area contributed by atoms with Gasteiger partial charge in [0.15, 0.2) is 0 Å². The number of carbonyl (C=O) groups is 1. The van der Waals surface area contributed by atoms with Crippen LogP contribution in [0.4, 0.5) is 0 Å². The zero-order valence-corrected chi connectivity index (χ0v) is 12.5. The van der Waals surface area contributed by atoms with Crippen LogP contribution in [-0.2, 0) is 4.79 Å². The second-order valence-electron chi connectivity index (χ2n) is 6.12. The highest BCUT2D eigenvalue weighted by Crippen LogP contribution is 2.35. The van der Waals surface area contributed by atoms with E-state index in [2.05, 4.69) is 6.07 Å². The van der Waals surface area contributed by atoms with E-state index < -0.39 is 6.10 Å². The van der Waals surface area contributed by atoms with Crippen LogP contribution < -0.4 is 4.74 Å². The van der Waals surface area contributed by atoms with E-state index in [0.29, 0.717) is 5.92 Å². The number of ether oxygens (including phenoxy) is 1. The van der Waals surface area contributed by atoms with E-state index in [4.69, 9.17) is 4.74 Å². The quantitative estimate of drug-likeness (QED) is 0.928. The Morgan fingerprint density at radius 1 is 1.29 bits per heavy atom. The summed E-state index contributed by atoms with van der Waals surface area (Å²) in [6.07, 6.45) is 3.08. The van der Waals surface area contributed by atoms with Gasteiger partial charge in [-0.3, -0.25) is 4.79 Å². The minimum atomic E-state index is -0.442. The van der Waals surface area contributed by atoms with Gasteiger partial charge in [-0.2, -0.15) is 0 Å². The van der Waals surface area contributed by atoms with Crippen LogP contribution >= 0.6 is 0 Å². The van der Waals surface area contributed by atoms with E-state index in [1.54, 1.807) is 7.11 Å². The van der Waals surface area contributed by atoms with Crippen molar-refractivity contribution in [2.45, 2.75) is 37.7 Å². The van der Waals surface area contributed by atoms with Gasteiger partial charge in [-0.15, -0.1) is 0 Å². The minimum Gasteiger partial charge on any atom is -0.496 e. The number of carbonyl (C=O) groups excluding carboxylic acids is 1. The third kappa shape index (κ3) is 2.77. The zero-order chi connectivity index (χ0) is 14.8. The monoisotopic (exact) mass is 289 g/mol. The number of rotatable bonds is 3. The van der Waals surface area contributed by atoms with Crippen molar-refractivity contribution in [3.8, 4) is 5.75 Å². The molecule has 21 heavy (non-hydrogen) atoms. The summed E-state index contributed by atoms with van der Waals surface area (Å²) in [6, 6.07) is 8.04. The van der Waals surface area contributed by atoms with E-state index >= 15 is 0 Å². The van der Waals surface area contributed by atoms with Gasteiger partial charge in [0.1, 0.15) is 5.75 Å². The number of nitrogens with zero attached hydrogens (tertiary/aromatic N) is 1. The van der Waals surface area contributed by atoms with Crippen molar-refractivity contribution in [2.24, 2.45) is 5.92 Å². The molecule has 0 spiro atoms. The van der Waals surface area contributed by atoms with E-state index in [1.165, 1.54) is 5.56 Å². The van der Waals surface area contributed by atoms with Crippen molar-refractivity contribution >= 4 is 5.91 Å². The molecule has 4 heteroatoms. The summed E-state index contributed by atoms with van der Waals surface area (Å²) < 4.78 is 5.43. The SMILES string of the molecule is COc1ccccc1C1CCN(C(=O)C2CCCC2O)C1. The molecule has 1 aliphatic heterocycles. The van der Waals surface area contributed by atoms with Crippen LogP contribution in [0.1, 0.15) is 37.2 Å². The number of hydrogen-bond acceptors (Lipinski definition) is 3. The Bertz CT molecular complexity index is 517. The van der Waals surface area contributed by atoms with Gasteiger partial charge >= 0.3 is 0 Å². The van der Waals surface area contributed by atoms with Gasteiger partial charge in [-0.1, -0.05) is 18.2 Å². The van der Waals surface area contributed by atoms with Gasteiger partial charge < -0.3 is 14.7 Å². The Morgan fingerprint density at radius 3 is 2.81 bits per heavy atom. The van der Waals surface area contributed by atoms with Crippen molar-refractivity contribution in [1.29, 1.82) is 0 Å². The van der Waals surface area contributed by atoms with Crippen molar-refractivity contribution < 1.29 is 14.6 Å². The predicted octanol–water partition coefficient (Wildman–Crippen LogP) is 2.17. The van der Waals surface area contributed by atoms with Crippen LogP contribution in [0.25, 0.3) is 0 Å². The summed E-state index contributed by atoms with van der Waals surface area (Å²) in [5, 5.41) is 9.92. The number of likely N-dealkylation sites (tertiary alicyclic amines) is 1. The highest BCUT2D eigenvalue weighted by Gasteiger charge is 2.37. The molecule has 114 valence electrons. The molecule has 0 radical (unpaired) electrons. The van der Waals surface area contributed by atoms with Crippen LogP contribution in [0, 0.1) is 5.92 Å². The molecule has 0 aromatic heterocycles. The first kappa shape index (κ1) is 14.4. The van der Waals surface area contributed by atoms with Gasteiger partial charge in [-0.05, 0) is 37.3 Å². The van der Waals surface area contributed by atoms with Crippen LogP contribution in [0.2, 0.25) is 0 Å². The largest absolute Gasteiger partial charge is 0.496 e. The molecule has 3 unspecified atom stereocenters. The summed E-state index contributed by atoms with van der Waals surface area (Å²) in [7, 11) is 1.69.